The number of rotatable bonds is 2. The van der Waals surface area contributed by atoms with Crippen molar-refractivity contribution in [3.8, 4) is 0 Å². The predicted octanol–water partition coefficient (Wildman–Crippen LogP) is 2.77. The van der Waals surface area contributed by atoms with Gasteiger partial charge in [0.2, 0.25) is 0 Å². The Labute approximate surface area is 103 Å². The summed E-state index contributed by atoms with van der Waals surface area (Å²) in [4.78, 5) is 0. The molecule has 3 nitrogen and oxygen atoms in total. The van der Waals surface area contributed by atoms with Crippen LogP contribution >= 0.6 is 0 Å². The van der Waals surface area contributed by atoms with Crippen LogP contribution in [0.15, 0.2) is 17.8 Å². The molecular formula is C14H21N3. The van der Waals surface area contributed by atoms with E-state index in [0.29, 0.717) is 6.04 Å². The Hall–Kier alpha value is -1.09. The van der Waals surface area contributed by atoms with Crippen molar-refractivity contribution in [1.82, 2.24) is 15.1 Å². The van der Waals surface area contributed by atoms with Gasteiger partial charge >= 0.3 is 0 Å². The minimum atomic E-state index is 0.651. The molecule has 2 heterocycles. The van der Waals surface area contributed by atoms with Crippen LogP contribution in [0, 0.1) is 0 Å². The molecule has 0 aromatic carbocycles. The van der Waals surface area contributed by atoms with Crippen LogP contribution in [0.25, 0.3) is 6.08 Å². The Kier molecular flexibility index (Phi) is 3.27. The standard InChI is InChI=1S/C14H21N3/c1-2-4-14(5-3-1)17-9-7-13(16-17)10-12-6-8-15-11-12/h7,9-10,14-15H,1-6,8,11H2. The molecule has 92 valence electrons. The average molecular weight is 231 g/mol. The summed E-state index contributed by atoms with van der Waals surface area (Å²) in [6.07, 6.45) is 12.3. The molecule has 3 rings (SSSR count). The zero-order valence-electron chi connectivity index (χ0n) is 10.4. The molecular weight excluding hydrogens is 210 g/mol. The second kappa shape index (κ2) is 5.05. The van der Waals surface area contributed by atoms with E-state index in [-0.39, 0.29) is 0 Å². The maximum atomic E-state index is 4.71. The topological polar surface area (TPSA) is 29.9 Å². The van der Waals surface area contributed by atoms with Crippen molar-refractivity contribution in [2.45, 2.75) is 44.6 Å². The summed E-state index contributed by atoms with van der Waals surface area (Å²) < 4.78 is 2.19. The Morgan fingerprint density at radius 1 is 1.29 bits per heavy atom. The summed E-state index contributed by atoms with van der Waals surface area (Å²) in [5.74, 6) is 0. The predicted molar refractivity (Wildman–Crippen MR) is 69.8 cm³/mol. The molecule has 17 heavy (non-hydrogen) atoms. The van der Waals surface area contributed by atoms with Crippen molar-refractivity contribution in [3.05, 3.63) is 23.5 Å². The summed E-state index contributed by atoms with van der Waals surface area (Å²) in [6, 6.07) is 2.80. The van der Waals surface area contributed by atoms with E-state index in [4.69, 9.17) is 5.10 Å². The van der Waals surface area contributed by atoms with Crippen molar-refractivity contribution in [2.75, 3.05) is 13.1 Å². The molecule has 1 aliphatic heterocycles. The Morgan fingerprint density at radius 2 is 2.18 bits per heavy atom. The first-order valence-electron chi connectivity index (χ1n) is 6.87. The number of nitrogens with one attached hydrogen (secondary N) is 1. The number of aromatic nitrogens is 2. The lowest BCUT2D eigenvalue weighted by Crippen LogP contribution is -2.13. The Balaban J connectivity index is 1.71. The highest BCUT2D eigenvalue weighted by Gasteiger charge is 2.15. The third-order valence-corrected chi connectivity index (χ3v) is 3.90. The quantitative estimate of drug-likeness (QED) is 0.848. The summed E-state index contributed by atoms with van der Waals surface area (Å²) in [5, 5.41) is 8.07. The molecule has 1 aromatic rings. The van der Waals surface area contributed by atoms with Crippen LogP contribution in [0.3, 0.4) is 0 Å². The summed E-state index contributed by atoms with van der Waals surface area (Å²) in [7, 11) is 0. The van der Waals surface area contributed by atoms with Crippen LogP contribution in [-0.2, 0) is 0 Å². The number of nitrogens with zero attached hydrogens (tertiary/aromatic N) is 2. The lowest BCUT2D eigenvalue weighted by atomic mass is 9.96. The van der Waals surface area contributed by atoms with E-state index in [2.05, 4.69) is 28.3 Å². The smallest absolute Gasteiger partial charge is 0.0851 e. The van der Waals surface area contributed by atoms with Gasteiger partial charge in [-0.2, -0.15) is 5.10 Å². The third-order valence-electron chi connectivity index (χ3n) is 3.90. The van der Waals surface area contributed by atoms with Crippen molar-refractivity contribution >= 4 is 6.08 Å². The van der Waals surface area contributed by atoms with Gasteiger partial charge in [0.25, 0.3) is 0 Å². The molecule has 0 amide bonds. The molecule has 1 saturated heterocycles. The van der Waals surface area contributed by atoms with E-state index in [0.717, 1.165) is 18.8 Å². The average Bonchev–Trinajstić information content (AvgIpc) is 3.02. The van der Waals surface area contributed by atoms with Gasteiger partial charge in [-0.15, -0.1) is 0 Å². The molecule has 1 aromatic heterocycles. The molecule has 0 unspecified atom stereocenters. The minimum Gasteiger partial charge on any atom is -0.313 e. The molecule has 3 heteroatoms. The second-order valence-electron chi connectivity index (χ2n) is 5.24. The van der Waals surface area contributed by atoms with Gasteiger partial charge < -0.3 is 5.32 Å². The van der Waals surface area contributed by atoms with Gasteiger partial charge in [-0.25, -0.2) is 0 Å². The van der Waals surface area contributed by atoms with Crippen LogP contribution in [0.5, 0.6) is 0 Å². The van der Waals surface area contributed by atoms with Crippen LogP contribution < -0.4 is 5.32 Å². The molecule has 2 aliphatic rings. The van der Waals surface area contributed by atoms with E-state index in [1.165, 1.54) is 44.1 Å². The first kappa shape index (κ1) is 11.0. The highest BCUT2D eigenvalue weighted by Crippen LogP contribution is 2.27. The Morgan fingerprint density at radius 3 is 2.94 bits per heavy atom. The van der Waals surface area contributed by atoms with Crippen LogP contribution in [0.4, 0.5) is 0 Å². The molecule has 1 saturated carbocycles. The molecule has 0 spiro atoms. The van der Waals surface area contributed by atoms with Crippen molar-refractivity contribution < 1.29 is 0 Å². The van der Waals surface area contributed by atoms with Gasteiger partial charge in [0.15, 0.2) is 0 Å². The van der Waals surface area contributed by atoms with Crippen LogP contribution in [0.2, 0.25) is 0 Å². The lowest BCUT2D eigenvalue weighted by molar-refractivity contribution is 0.329. The molecule has 1 N–H and O–H groups in total. The fourth-order valence-corrected chi connectivity index (χ4v) is 2.90. The lowest BCUT2D eigenvalue weighted by Gasteiger charge is -2.21. The van der Waals surface area contributed by atoms with Gasteiger partial charge in [-0.1, -0.05) is 24.8 Å². The van der Waals surface area contributed by atoms with Gasteiger partial charge in [0, 0.05) is 12.7 Å². The molecule has 0 atom stereocenters. The Bertz CT molecular complexity index is 391. The fraction of sp³-hybridized carbons (Fsp3) is 0.643. The van der Waals surface area contributed by atoms with E-state index in [1.807, 2.05) is 0 Å². The number of hydrogen-bond donors (Lipinski definition) is 1. The van der Waals surface area contributed by atoms with Crippen molar-refractivity contribution in [3.63, 3.8) is 0 Å². The van der Waals surface area contributed by atoms with Crippen LogP contribution in [-0.4, -0.2) is 22.9 Å². The SMILES string of the molecule is C(=C1CCNC1)c1ccn(C2CCCCC2)n1. The molecule has 1 aliphatic carbocycles. The van der Waals surface area contributed by atoms with E-state index < -0.39 is 0 Å². The normalized spacial score (nSPS) is 24.6. The minimum absolute atomic E-state index is 0.651. The molecule has 0 bridgehead atoms. The molecule has 0 radical (unpaired) electrons. The maximum Gasteiger partial charge on any atom is 0.0851 e. The van der Waals surface area contributed by atoms with Gasteiger partial charge in [0.05, 0.1) is 11.7 Å². The van der Waals surface area contributed by atoms with Crippen molar-refractivity contribution in [2.24, 2.45) is 0 Å². The summed E-state index contributed by atoms with van der Waals surface area (Å²) in [6.45, 7) is 2.16. The molecule has 2 fully saturated rings. The third kappa shape index (κ3) is 2.60. The van der Waals surface area contributed by atoms with Gasteiger partial charge in [0.1, 0.15) is 0 Å². The monoisotopic (exact) mass is 231 g/mol. The second-order valence-corrected chi connectivity index (χ2v) is 5.24. The fourth-order valence-electron chi connectivity index (χ4n) is 2.90. The summed E-state index contributed by atoms with van der Waals surface area (Å²) in [5.41, 5.74) is 2.62. The first-order chi connectivity index (χ1) is 8.42. The zero-order valence-corrected chi connectivity index (χ0v) is 10.4. The highest BCUT2D eigenvalue weighted by molar-refractivity contribution is 5.49. The van der Waals surface area contributed by atoms with Crippen molar-refractivity contribution in [1.29, 1.82) is 0 Å². The van der Waals surface area contributed by atoms with Gasteiger partial charge in [-0.3, -0.25) is 4.68 Å². The highest BCUT2D eigenvalue weighted by atomic mass is 15.3. The first-order valence-corrected chi connectivity index (χ1v) is 6.87. The van der Waals surface area contributed by atoms with Gasteiger partial charge in [-0.05, 0) is 37.9 Å². The summed E-state index contributed by atoms with van der Waals surface area (Å²) >= 11 is 0. The maximum absolute atomic E-state index is 4.71. The van der Waals surface area contributed by atoms with E-state index >= 15 is 0 Å². The van der Waals surface area contributed by atoms with E-state index in [9.17, 15) is 0 Å². The van der Waals surface area contributed by atoms with E-state index in [1.54, 1.807) is 0 Å². The largest absolute Gasteiger partial charge is 0.313 e. The number of hydrogen-bond acceptors (Lipinski definition) is 2. The zero-order chi connectivity index (χ0) is 11.5. The van der Waals surface area contributed by atoms with Crippen LogP contribution in [0.1, 0.15) is 50.3 Å².